The lowest BCUT2D eigenvalue weighted by atomic mass is 10.1. The van der Waals surface area contributed by atoms with Crippen LogP contribution in [0.2, 0.25) is 10.0 Å². The van der Waals surface area contributed by atoms with Gasteiger partial charge in [-0.25, -0.2) is 10.2 Å². The lowest BCUT2D eigenvalue weighted by Gasteiger charge is -2.07. The molecule has 0 atom stereocenters. The summed E-state index contributed by atoms with van der Waals surface area (Å²) in [5, 5.41) is 18.4. The molecule has 0 saturated carbocycles. The lowest BCUT2D eigenvalue weighted by Crippen LogP contribution is -2.18. The fraction of sp³-hybridized carbons (Fsp3) is 0. The lowest BCUT2D eigenvalue weighted by molar-refractivity contribution is -0.384. The van der Waals surface area contributed by atoms with Gasteiger partial charge in [0.25, 0.3) is 17.5 Å². The number of non-ortho nitro benzene ring substituents is 1. The summed E-state index contributed by atoms with van der Waals surface area (Å²) in [5.41, 5.74) is 4.21. The number of nitrogens with one attached hydrogen (secondary N) is 2. The molecular formula is C30H20Cl2N4O6. The number of nitro groups is 1. The number of carbonyl (C=O) groups is 3. The molecule has 0 aliphatic carbocycles. The summed E-state index contributed by atoms with van der Waals surface area (Å²) < 4.78 is 5.36. The second kappa shape index (κ2) is 13.8. The summed E-state index contributed by atoms with van der Waals surface area (Å²) in [7, 11) is 0. The molecule has 0 saturated heterocycles. The van der Waals surface area contributed by atoms with Gasteiger partial charge in [0.05, 0.1) is 11.1 Å². The SMILES string of the molecule is O=C(/C=C/c1cccc([N+](=O)[O-])c1)Oc1ccc(Cl)cc1/C=N/NC(=O)c1ccc(NC(=O)c2ccc(Cl)cc2)cc1. The summed E-state index contributed by atoms with van der Waals surface area (Å²) in [6.07, 6.45) is 3.77. The number of hydrogen-bond acceptors (Lipinski definition) is 7. The van der Waals surface area contributed by atoms with E-state index in [4.69, 9.17) is 27.9 Å². The van der Waals surface area contributed by atoms with Crippen molar-refractivity contribution in [2.75, 3.05) is 5.32 Å². The maximum atomic E-state index is 12.5. The van der Waals surface area contributed by atoms with Crippen molar-refractivity contribution < 1.29 is 24.0 Å². The van der Waals surface area contributed by atoms with Gasteiger partial charge in [-0.1, -0.05) is 35.3 Å². The van der Waals surface area contributed by atoms with Crippen molar-refractivity contribution in [2.45, 2.75) is 0 Å². The zero-order valence-corrected chi connectivity index (χ0v) is 23.0. The van der Waals surface area contributed by atoms with Crippen LogP contribution in [0.5, 0.6) is 5.75 Å². The average Bonchev–Trinajstić information content (AvgIpc) is 2.98. The number of benzene rings is 4. The fourth-order valence-corrected chi connectivity index (χ4v) is 3.80. The molecule has 4 aromatic carbocycles. The molecule has 0 aliphatic heterocycles. The minimum atomic E-state index is -0.745. The predicted octanol–water partition coefficient (Wildman–Crippen LogP) is 6.54. The highest BCUT2D eigenvalue weighted by Crippen LogP contribution is 2.22. The molecule has 0 aliphatic rings. The van der Waals surface area contributed by atoms with Crippen molar-refractivity contribution in [2.24, 2.45) is 5.10 Å². The molecule has 210 valence electrons. The Morgan fingerprint density at radius 3 is 2.21 bits per heavy atom. The van der Waals surface area contributed by atoms with Crippen molar-refractivity contribution in [1.29, 1.82) is 0 Å². The quantitative estimate of drug-likeness (QED) is 0.0556. The Morgan fingerprint density at radius 1 is 0.833 bits per heavy atom. The van der Waals surface area contributed by atoms with E-state index in [-0.39, 0.29) is 22.9 Å². The first-order valence-electron chi connectivity index (χ1n) is 12.1. The van der Waals surface area contributed by atoms with Crippen LogP contribution in [0.4, 0.5) is 11.4 Å². The van der Waals surface area contributed by atoms with E-state index in [1.165, 1.54) is 60.8 Å². The van der Waals surface area contributed by atoms with Gasteiger partial charge in [0.1, 0.15) is 5.75 Å². The smallest absolute Gasteiger partial charge is 0.336 e. The third kappa shape index (κ3) is 8.34. The highest BCUT2D eigenvalue weighted by molar-refractivity contribution is 6.31. The second-order valence-corrected chi connectivity index (χ2v) is 9.40. The molecule has 0 fully saturated rings. The molecule has 0 heterocycles. The first-order chi connectivity index (χ1) is 20.2. The Kier molecular flexibility index (Phi) is 9.77. The molecule has 0 bridgehead atoms. The van der Waals surface area contributed by atoms with Gasteiger partial charge in [-0.15, -0.1) is 0 Å². The third-order valence-electron chi connectivity index (χ3n) is 5.56. The number of carbonyl (C=O) groups excluding carboxylic acids is 3. The Bertz CT molecular complexity index is 1700. The topological polar surface area (TPSA) is 140 Å². The van der Waals surface area contributed by atoms with Gasteiger partial charge < -0.3 is 10.1 Å². The average molecular weight is 603 g/mol. The van der Waals surface area contributed by atoms with Crippen LogP contribution in [0.1, 0.15) is 31.8 Å². The highest BCUT2D eigenvalue weighted by atomic mass is 35.5. The number of nitrogens with zero attached hydrogens (tertiary/aromatic N) is 2. The van der Waals surface area contributed by atoms with Gasteiger partial charge in [-0.05, 0) is 78.4 Å². The Balaban J connectivity index is 1.36. The molecule has 42 heavy (non-hydrogen) atoms. The zero-order chi connectivity index (χ0) is 30.1. The molecule has 0 spiro atoms. The van der Waals surface area contributed by atoms with E-state index in [2.05, 4.69) is 15.8 Å². The molecule has 10 nitrogen and oxygen atoms in total. The van der Waals surface area contributed by atoms with Gasteiger partial charge in [0.2, 0.25) is 0 Å². The molecule has 4 rings (SSSR count). The van der Waals surface area contributed by atoms with Gasteiger partial charge in [-0.3, -0.25) is 19.7 Å². The predicted molar refractivity (Wildman–Crippen MR) is 160 cm³/mol. The van der Waals surface area contributed by atoms with Gasteiger partial charge in [0.15, 0.2) is 0 Å². The summed E-state index contributed by atoms with van der Waals surface area (Å²) in [4.78, 5) is 47.7. The van der Waals surface area contributed by atoms with E-state index >= 15 is 0 Å². The summed E-state index contributed by atoms with van der Waals surface area (Å²) in [5.74, 6) is -1.48. The Hall–Kier alpha value is -5.32. The van der Waals surface area contributed by atoms with Crippen LogP contribution in [-0.2, 0) is 4.79 Å². The number of ether oxygens (including phenoxy) is 1. The van der Waals surface area contributed by atoms with Crippen LogP contribution in [0, 0.1) is 10.1 Å². The van der Waals surface area contributed by atoms with Crippen LogP contribution < -0.4 is 15.5 Å². The van der Waals surface area contributed by atoms with Crippen molar-refractivity contribution in [3.05, 3.63) is 139 Å². The van der Waals surface area contributed by atoms with Crippen LogP contribution >= 0.6 is 23.2 Å². The number of amides is 2. The standard InChI is InChI=1S/C30H20Cl2N4O6/c31-23-9-5-20(6-10-23)29(38)34-25-12-7-21(8-13-25)30(39)35-33-18-22-17-24(32)11-14-27(22)42-28(37)15-4-19-2-1-3-26(16-19)36(40)41/h1-18H,(H,34,38)(H,35,39)/b15-4+,33-18+. The first-order valence-corrected chi connectivity index (χ1v) is 12.9. The molecule has 2 N–H and O–H groups in total. The Labute approximate surface area is 249 Å². The maximum Gasteiger partial charge on any atom is 0.336 e. The number of anilines is 1. The van der Waals surface area contributed by atoms with Crippen molar-refractivity contribution in [3.63, 3.8) is 0 Å². The molecule has 4 aromatic rings. The molecule has 0 aromatic heterocycles. The van der Waals surface area contributed by atoms with Crippen molar-refractivity contribution in [3.8, 4) is 5.75 Å². The van der Waals surface area contributed by atoms with Crippen molar-refractivity contribution >= 4 is 64.7 Å². The molecule has 12 heteroatoms. The van der Waals surface area contributed by atoms with Crippen LogP contribution in [-0.4, -0.2) is 28.9 Å². The normalized spacial score (nSPS) is 10.9. The van der Waals surface area contributed by atoms with Crippen LogP contribution in [0.25, 0.3) is 6.08 Å². The highest BCUT2D eigenvalue weighted by Gasteiger charge is 2.10. The number of hydrogen-bond donors (Lipinski definition) is 2. The number of hydrazone groups is 1. The molecular weight excluding hydrogens is 583 g/mol. The number of rotatable bonds is 9. The maximum absolute atomic E-state index is 12.5. The third-order valence-corrected chi connectivity index (χ3v) is 6.04. The van der Waals surface area contributed by atoms with E-state index in [0.717, 1.165) is 6.08 Å². The summed E-state index contributed by atoms with van der Waals surface area (Å²) in [6, 6.07) is 22.8. The molecule has 0 unspecified atom stereocenters. The van der Waals surface area contributed by atoms with Crippen LogP contribution in [0.3, 0.4) is 0 Å². The largest absolute Gasteiger partial charge is 0.423 e. The second-order valence-electron chi connectivity index (χ2n) is 8.53. The zero-order valence-electron chi connectivity index (χ0n) is 21.5. The van der Waals surface area contributed by atoms with Gasteiger partial charge >= 0.3 is 5.97 Å². The van der Waals surface area contributed by atoms with E-state index in [0.29, 0.717) is 32.4 Å². The first kappa shape index (κ1) is 29.7. The van der Waals surface area contributed by atoms with E-state index in [9.17, 15) is 24.5 Å². The molecule has 0 radical (unpaired) electrons. The van der Waals surface area contributed by atoms with Gasteiger partial charge in [0, 0.05) is 50.6 Å². The van der Waals surface area contributed by atoms with Crippen LogP contribution in [0.15, 0.2) is 102 Å². The van der Waals surface area contributed by atoms with E-state index in [1.54, 1.807) is 42.5 Å². The van der Waals surface area contributed by atoms with Crippen molar-refractivity contribution in [1.82, 2.24) is 5.43 Å². The van der Waals surface area contributed by atoms with E-state index < -0.39 is 16.8 Å². The Morgan fingerprint density at radius 2 is 1.50 bits per heavy atom. The number of halogens is 2. The van der Waals surface area contributed by atoms with Gasteiger partial charge in [-0.2, -0.15) is 5.10 Å². The number of esters is 1. The summed E-state index contributed by atoms with van der Waals surface area (Å²) in [6.45, 7) is 0. The fourth-order valence-electron chi connectivity index (χ4n) is 3.50. The minimum Gasteiger partial charge on any atom is -0.423 e. The molecule has 2 amide bonds. The minimum absolute atomic E-state index is 0.111. The number of nitro benzene ring substituents is 1. The van der Waals surface area contributed by atoms with E-state index in [1.807, 2.05) is 0 Å². The monoisotopic (exact) mass is 602 g/mol. The summed E-state index contributed by atoms with van der Waals surface area (Å²) >= 11 is 11.9.